The van der Waals surface area contributed by atoms with Gasteiger partial charge in [0.2, 0.25) is 0 Å². The van der Waals surface area contributed by atoms with Gasteiger partial charge < -0.3 is 0 Å². The zero-order valence-corrected chi connectivity index (χ0v) is 8.55. The van der Waals surface area contributed by atoms with Gasteiger partial charge in [0.1, 0.15) is 0 Å². The molecule has 0 aromatic carbocycles. The summed E-state index contributed by atoms with van der Waals surface area (Å²) in [7, 11) is 0. The maximum Gasteiger partial charge on any atom is 0.0666 e. The van der Waals surface area contributed by atoms with Crippen molar-refractivity contribution in [3.05, 3.63) is 24.8 Å². The first-order chi connectivity index (χ1) is 6.26. The molecule has 1 heteroatoms. The SMILES string of the molecule is C=CCCC(CCC)C(=C)CC#N. The van der Waals surface area contributed by atoms with E-state index in [0.717, 1.165) is 31.3 Å². The van der Waals surface area contributed by atoms with Gasteiger partial charge in [0, 0.05) is 0 Å². The Morgan fingerprint density at radius 2 is 2.23 bits per heavy atom. The molecule has 0 saturated heterocycles. The third-order valence-corrected chi connectivity index (χ3v) is 2.24. The van der Waals surface area contributed by atoms with Crippen molar-refractivity contribution in [2.45, 2.75) is 39.0 Å². The Hall–Kier alpha value is -1.03. The van der Waals surface area contributed by atoms with Crippen LogP contribution in [0.15, 0.2) is 24.8 Å². The molecule has 0 amide bonds. The second-order valence-corrected chi connectivity index (χ2v) is 3.34. The highest BCUT2D eigenvalue weighted by Gasteiger charge is 2.09. The van der Waals surface area contributed by atoms with Crippen molar-refractivity contribution < 1.29 is 0 Å². The Morgan fingerprint density at radius 3 is 2.69 bits per heavy atom. The van der Waals surface area contributed by atoms with E-state index in [1.54, 1.807) is 0 Å². The van der Waals surface area contributed by atoms with Gasteiger partial charge in [0.15, 0.2) is 0 Å². The molecule has 0 aromatic heterocycles. The topological polar surface area (TPSA) is 23.8 Å². The van der Waals surface area contributed by atoms with E-state index in [1.165, 1.54) is 0 Å². The fourth-order valence-electron chi connectivity index (χ4n) is 1.47. The number of rotatable bonds is 7. The molecule has 0 aliphatic carbocycles. The lowest BCUT2D eigenvalue weighted by Crippen LogP contribution is -2.02. The van der Waals surface area contributed by atoms with E-state index < -0.39 is 0 Å². The average molecular weight is 177 g/mol. The molecule has 0 aliphatic rings. The Balaban J connectivity index is 3.99. The molecule has 13 heavy (non-hydrogen) atoms. The standard InChI is InChI=1S/C12H19N/c1-4-6-8-12(7-5-2)11(3)9-10-13/h4,12H,1,3,5-9H2,2H3. The molecule has 0 aliphatic heterocycles. The van der Waals surface area contributed by atoms with Gasteiger partial charge in [-0.3, -0.25) is 0 Å². The molecule has 1 atom stereocenters. The first-order valence-corrected chi connectivity index (χ1v) is 4.91. The first-order valence-electron chi connectivity index (χ1n) is 4.91. The van der Waals surface area contributed by atoms with Crippen LogP contribution in [0, 0.1) is 17.2 Å². The Labute approximate surface area is 81.8 Å². The Morgan fingerprint density at radius 1 is 1.54 bits per heavy atom. The van der Waals surface area contributed by atoms with Gasteiger partial charge in [-0.2, -0.15) is 5.26 Å². The molecule has 0 N–H and O–H groups in total. The van der Waals surface area contributed by atoms with Crippen molar-refractivity contribution in [2.75, 3.05) is 0 Å². The molecule has 0 rings (SSSR count). The summed E-state index contributed by atoms with van der Waals surface area (Å²) in [6, 6.07) is 2.16. The highest BCUT2D eigenvalue weighted by Crippen LogP contribution is 2.23. The zero-order chi connectivity index (χ0) is 10.1. The molecule has 0 fully saturated rings. The fourth-order valence-corrected chi connectivity index (χ4v) is 1.47. The summed E-state index contributed by atoms with van der Waals surface area (Å²) >= 11 is 0. The molecule has 0 bridgehead atoms. The summed E-state index contributed by atoms with van der Waals surface area (Å²) in [5, 5.41) is 8.55. The predicted molar refractivity (Wildman–Crippen MR) is 57.2 cm³/mol. The minimum absolute atomic E-state index is 0.502. The zero-order valence-electron chi connectivity index (χ0n) is 8.55. The predicted octanol–water partition coefficient (Wildman–Crippen LogP) is 3.84. The highest BCUT2D eigenvalue weighted by atomic mass is 14.2. The third kappa shape index (κ3) is 5.25. The van der Waals surface area contributed by atoms with E-state index in [0.29, 0.717) is 12.3 Å². The summed E-state index contributed by atoms with van der Waals surface area (Å²) < 4.78 is 0. The summed E-state index contributed by atoms with van der Waals surface area (Å²) in [6.07, 6.45) is 6.86. The lowest BCUT2D eigenvalue weighted by Gasteiger charge is -2.15. The van der Waals surface area contributed by atoms with Crippen molar-refractivity contribution in [3.8, 4) is 6.07 Å². The van der Waals surface area contributed by atoms with E-state index in [2.05, 4.69) is 26.2 Å². The van der Waals surface area contributed by atoms with Crippen LogP contribution in [0.3, 0.4) is 0 Å². The van der Waals surface area contributed by atoms with E-state index in [9.17, 15) is 0 Å². The van der Waals surface area contributed by atoms with Crippen molar-refractivity contribution >= 4 is 0 Å². The van der Waals surface area contributed by atoms with Crippen molar-refractivity contribution in [1.82, 2.24) is 0 Å². The van der Waals surface area contributed by atoms with Crippen LogP contribution in [0.1, 0.15) is 39.0 Å². The molecule has 0 spiro atoms. The molecule has 0 heterocycles. The molecule has 1 unspecified atom stereocenters. The van der Waals surface area contributed by atoms with Crippen LogP contribution in [0.25, 0.3) is 0 Å². The number of hydrogen-bond acceptors (Lipinski definition) is 1. The van der Waals surface area contributed by atoms with Gasteiger partial charge in [0.05, 0.1) is 12.5 Å². The monoisotopic (exact) mass is 177 g/mol. The van der Waals surface area contributed by atoms with Gasteiger partial charge in [0.25, 0.3) is 0 Å². The number of allylic oxidation sites excluding steroid dienone is 2. The van der Waals surface area contributed by atoms with Gasteiger partial charge in [-0.15, -0.1) is 6.58 Å². The lowest BCUT2D eigenvalue weighted by atomic mass is 9.89. The second kappa shape index (κ2) is 7.61. The minimum atomic E-state index is 0.502. The largest absolute Gasteiger partial charge is 0.198 e. The molecule has 0 radical (unpaired) electrons. The van der Waals surface area contributed by atoms with Crippen LogP contribution in [0.5, 0.6) is 0 Å². The summed E-state index contributed by atoms with van der Waals surface area (Å²) in [5.41, 5.74) is 1.09. The molecule has 72 valence electrons. The normalized spacial score (nSPS) is 11.7. The molecular weight excluding hydrogens is 158 g/mol. The summed E-state index contributed by atoms with van der Waals surface area (Å²) in [4.78, 5) is 0. The lowest BCUT2D eigenvalue weighted by molar-refractivity contribution is 0.510. The second-order valence-electron chi connectivity index (χ2n) is 3.34. The maximum atomic E-state index is 8.55. The van der Waals surface area contributed by atoms with Crippen LogP contribution in [0.4, 0.5) is 0 Å². The van der Waals surface area contributed by atoms with Crippen LogP contribution in [0.2, 0.25) is 0 Å². The van der Waals surface area contributed by atoms with Crippen molar-refractivity contribution in [3.63, 3.8) is 0 Å². The quantitative estimate of drug-likeness (QED) is 0.542. The molecular formula is C12H19N. The van der Waals surface area contributed by atoms with E-state index in [1.807, 2.05) is 6.08 Å². The van der Waals surface area contributed by atoms with Gasteiger partial charge >= 0.3 is 0 Å². The van der Waals surface area contributed by atoms with Crippen LogP contribution >= 0.6 is 0 Å². The van der Waals surface area contributed by atoms with Gasteiger partial charge in [-0.25, -0.2) is 0 Å². The minimum Gasteiger partial charge on any atom is -0.198 e. The van der Waals surface area contributed by atoms with Crippen LogP contribution < -0.4 is 0 Å². The number of nitriles is 1. The van der Waals surface area contributed by atoms with Crippen molar-refractivity contribution in [2.24, 2.45) is 5.92 Å². The van der Waals surface area contributed by atoms with Crippen LogP contribution in [-0.2, 0) is 0 Å². The molecule has 0 saturated carbocycles. The van der Waals surface area contributed by atoms with Gasteiger partial charge in [-0.05, 0) is 25.2 Å². The summed E-state index contributed by atoms with van der Waals surface area (Å²) in [6.45, 7) is 9.83. The van der Waals surface area contributed by atoms with Gasteiger partial charge in [-0.1, -0.05) is 31.6 Å². The van der Waals surface area contributed by atoms with E-state index >= 15 is 0 Å². The Kier molecular flexibility index (Phi) is 7.01. The highest BCUT2D eigenvalue weighted by molar-refractivity contribution is 5.06. The van der Waals surface area contributed by atoms with Crippen molar-refractivity contribution in [1.29, 1.82) is 5.26 Å². The fraction of sp³-hybridized carbons (Fsp3) is 0.583. The molecule has 0 aromatic rings. The third-order valence-electron chi connectivity index (χ3n) is 2.24. The van der Waals surface area contributed by atoms with Crippen LogP contribution in [-0.4, -0.2) is 0 Å². The van der Waals surface area contributed by atoms with E-state index in [4.69, 9.17) is 5.26 Å². The number of hydrogen-bond donors (Lipinski definition) is 0. The summed E-state index contributed by atoms with van der Waals surface area (Å²) in [5.74, 6) is 0.516. The Bertz CT molecular complexity index is 198. The average Bonchev–Trinajstić information content (AvgIpc) is 2.12. The maximum absolute atomic E-state index is 8.55. The van der Waals surface area contributed by atoms with E-state index in [-0.39, 0.29) is 0 Å². The number of nitrogens with zero attached hydrogens (tertiary/aromatic N) is 1. The first kappa shape index (κ1) is 12.0. The smallest absolute Gasteiger partial charge is 0.0666 e. The molecule has 1 nitrogen and oxygen atoms in total.